The summed E-state index contributed by atoms with van der Waals surface area (Å²) in [6.45, 7) is 4.00. The van der Waals surface area contributed by atoms with E-state index >= 15 is 0 Å². The van der Waals surface area contributed by atoms with E-state index in [-0.39, 0.29) is 18.3 Å². The van der Waals surface area contributed by atoms with Gasteiger partial charge >= 0.3 is 0 Å². The first-order valence-electron chi connectivity index (χ1n) is 5.92. The van der Waals surface area contributed by atoms with Gasteiger partial charge in [0, 0.05) is 16.6 Å². The van der Waals surface area contributed by atoms with Crippen LogP contribution in [0.4, 0.5) is 5.69 Å². The summed E-state index contributed by atoms with van der Waals surface area (Å²) in [6.07, 6.45) is 1.71. The predicted molar refractivity (Wildman–Crippen MR) is 80.4 cm³/mol. The first-order valence-corrected chi connectivity index (χ1v) is 6.71. The Morgan fingerprint density at radius 3 is 3.00 bits per heavy atom. The number of carbonyl (C=O) groups excluding carboxylic acids is 1. The Balaban J connectivity index is 0.00000162. The van der Waals surface area contributed by atoms with Crippen molar-refractivity contribution in [3.8, 4) is 0 Å². The highest BCUT2D eigenvalue weighted by Gasteiger charge is 2.18. The summed E-state index contributed by atoms with van der Waals surface area (Å²) < 4.78 is 0.987. The molecule has 0 bridgehead atoms. The van der Waals surface area contributed by atoms with Crippen molar-refractivity contribution in [3.05, 3.63) is 28.2 Å². The van der Waals surface area contributed by atoms with Gasteiger partial charge in [0.2, 0.25) is 5.91 Å². The molecule has 18 heavy (non-hydrogen) atoms. The van der Waals surface area contributed by atoms with Gasteiger partial charge in [-0.25, -0.2) is 0 Å². The Labute approximate surface area is 122 Å². The van der Waals surface area contributed by atoms with Crippen molar-refractivity contribution in [1.82, 2.24) is 5.32 Å². The maximum absolute atomic E-state index is 11.9. The number of rotatable bonds is 3. The Morgan fingerprint density at radius 2 is 2.33 bits per heavy atom. The fourth-order valence-corrected chi connectivity index (χ4v) is 2.44. The van der Waals surface area contributed by atoms with Crippen molar-refractivity contribution >= 4 is 39.9 Å². The van der Waals surface area contributed by atoms with Crippen LogP contribution in [0.3, 0.4) is 0 Å². The maximum atomic E-state index is 11.9. The minimum Gasteiger partial charge on any atom is -0.326 e. The second-order valence-electron chi connectivity index (χ2n) is 4.57. The van der Waals surface area contributed by atoms with E-state index in [1.165, 1.54) is 0 Å². The fraction of sp³-hybridized carbons (Fsp3) is 0.462. The number of carbonyl (C=O) groups is 1. The molecule has 1 unspecified atom stereocenters. The molecule has 1 amide bonds. The van der Waals surface area contributed by atoms with Crippen LogP contribution in [0, 0.1) is 12.8 Å². The molecule has 0 saturated carbocycles. The van der Waals surface area contributed by atoms with Crippen molar-refractivity contribution in [2.45, 2.75) is 19.8 Å². The number of anilines is 1. The zero-order valence-corrected chi connectivity index (χ0v) is 12.7. The Kier molecular flexibility index (Phi) is 6.12. The molecule has 1 atom stereocenters. The van der Waals surface area contributed by atoms with Gasteiger partial charge in [-0.05, 0) is 50.0 Å². The van der Waals surface area contributed by atoms with Crippen LogP contribution < -0.4 is 10.6 Å². The third-order valence-corrected chi connectivity index (χ3v) is 3.60. The van der Waals surface area contributed by atoms with Crippen LogP contribution in [0.15, 0.2) is 22.7 Å². The molecule has 0 radical (unpaired) electrons. The summed E-state index contributed by atoms with van der Waals surface area (Å²) in [7, 11) is 0. The first-order chi connectivity index (χ1) is 8.15. The Hall–Kier alpha value is -0.580. The van der Waals surface area contributed by atoms with E-state index in [1.54, 1.807) is 0 Å². The fourth-order valence-electron chi connectivity index (χ4n) is 2.08. The molecule has 0 aromatic heterocycles. The topological polar surface area (TPSA) is 41.1 Å². The highest BCUT2D eigenvalue weighted by atomic mass is 79.9. The normalized spacial score (nSPS) is 18.2. The third-order valence-electron chi connectivity index (χ3n) is 3.11. The molecule has 1 aromatic rings. The molecule has 2 N–H and O–H groups in total. The van der Waals surface area contributed by atoms with Gasteiger partial charge < -0.3 is 10.6 Å². The lowest BCUT2D eigenvalue weighted by molar-refractivity contribution is -0.116. The van der Waals surface area contributed by atoms with Gasteiger partial charge in [-0.15, -0.1) is 12.4 Å². The van der Waals surface area contributed by atoms with Crippen LogP contribution in [0.25, 0.3) is 0 Å². The minimum atomic E-state index is 0. The molecule has 2 rings (SSSR count). The zero-order valence-electron chi connectivity index (χ0n) is 10.3. The van der Waals surface area contributed by atoms with E-state index in [2.05, 4.69) is 26.6 Å². The van der Waals surface area contributed by atoms with Gasteiger partial charge in [-0.2, -0.15) is 0 Å². The van der Waals surface area contributed by atoms with Gasteiger partial charge in [0.15, 0.2) is 0 Å². The number of nitrogens with one attached hydrogen (secondary N) is 2. The van der Waals surface area contributed by atoms with Gasteiger partial charge in [-0.3, -0.25) is 4.79 Å². The lowest BCUT2D eigenvalue weighted by Crippen LogP contribution is -2.18. The van der Waals surface area contributed by atoms with Crippen molar-refractivity contribution in [1.29, 1.82) is 0 Å². The summed E-state index contributed by atoms with van der Waals surface area (Å²) in [4.78, 5) is 11.9. The second kappa shape index (κ2) is 7.12. The molecular formula is C13H18BrClN2O. The highest BCUT2D eigenvalue weighted by Crippen LogP contribution is 2.21. The van der Waals surface area contributed by atoms with Crippen molar-refractivity contribution in [2.75, 3.05) is 18.4 Å². The molecule has 0 spiro atoms. The average Bonchev–Trinajstić information content (AvgIpc) is 2.76. The number of amides is 1. The van der Waals surface area contributed by atoms with Crippen molar-refractivity contribution < 1.29 is 4.79 Å². The lowest BCUT2D eigenvalue weighted by atomic mass is 10.0. The van der Waals surface area contributed by atoms with Gasteiger partial charge in [0.05, 0.1) is 0 Å². The van der Waals surface area contributed by atoms with E-state index in [4.69, 9.17) is 0 Å². The van der Waals surface area contributed by atoms with Gasteiger partial charge in [0.25, 0.3) is 0 Å². The number of hydrogen-bond acceptors (Lipinski definition) is 2. The quantitative estimate of drug-likeness (QED) is 0.892. The van der Waals surface area contributed by atoms with Crippen LogP contribution in [-0.2, 0) is 4.79 Å². The van der Waals surface area contributed by atoms with Crippen LogP contribution in [0.5, 0.6) is 0 Å². The van der Waals surface area contributed by atoms with Crippen molar-refractivity contribution in [3.63, 3.8) is 0 Å². The first kappa shape index (κ1) is 15.5. The smallest absolute Gasteiger partial charge is 0.224 e. The molecule has 1 saturated heterocycles. The van der Waals surface area contributed by atoms with Gasteiger partial charge in [0.1, 0.15) is 0 Å². The van der Waals surface area contributed by atoms with E-state index in [0.717, 1.165) is 35.2 Å². The average molecular weight is 334 g/mol. The van der Waals surface area contributed by atoms with Crippen LogP contribution in [0.2, 0.25) is 0 Å². The van der Waals surface area contributed by atoms with Crippen LogP contribution in [0.1, 0.15) is 18.4 Å². The van der Waals surface area contributed by atoms with E-state index < -0.39 is 0 Å². The molecular weight excluding hydrogens is 316 g/mol. The summed E-state index contributed by atoms with van der Waals surface area (Å²) in [5.74, 6) is 0.599. The molecule has 1 aliphatic rings. The molecule has 3 nitrogen and oxygen atoms in total. The van der Waals surface area contributed by atoms with E-state index in [1.807, 2.05) is 25.1 Å². The standard InChI is InChI=1S/C13H17BrN2O.ClH/c1-9-2-3-11(14)7-12(9)16-13(17)6-10-4-5-15-8-10;/h2-3,7,10,15H,4-6,8H2,1H3,(H,16,17);1H. The second-order valence-corrected chi connectivity index (χ2v) is 5.49. The van der Waals surface area contributed by atoms with Crippen molar-refractivity contribution in [2.24, 2.45) is 5.92 Å². The lowest BCUT2D eigenvalue weighted by Gasteiger charge is -2.11. The third kappa shape index (κ3) is 4.26. The number of halogens is 2. The predicted octanol–water partition coefficient (Wildman–Crippen LogP) is 3.12. The SMILES string of the molecule is Cc1ccc(Br)cc1NC(=O)CC1CCNC1.Cl. The molecule has 0 aliphatic carbocycles. The number of benzene rings is 1. The summed E-state index contributed by atoms with van der Waals surface area (Å²) in [5, 5.41) is 6.26. The number of hydrogen-bond donors (Lipinski definition) is 2. The molecule has 1 fully saturated rings. The maximum Gasteiger partial charge on any atom is 0.224 e. The highest BCUT2D eigenvalue weighted by molar-refractivity contribution is 9.10. The molecule has 100 valence electrons. The number of aryl methyl sites for hydroxylation is 1. The zero-order chi connectivity index (χ0) is 12.3. The molecule has 1 heterocycles. The molecule has 1 aromatic carbocycles. The van der Waals surface area contributed by atoms with E-state index in [9.17, 15) is 4.79 Å². The van der Waals surface area contributed by atoms with Gasteiger partial charge in [-0.1, -0.05) is 22.0 Å². The summed E-state index contributed by atoms with van der Waals surface area (Å²) in [6, 6.07) is 5.92. The summed E-state index contributed by atoms with van der Waals surface area (Å²) >= 11 is 3.41. The molecule has 1 aliphatic heterocycles. The minimum absolute atomic E-state index is 0. The van der Waals surface area contributed by atoms with Crippen LogP contribution >= 0.6 is 28.3 Å². The van der Waals surface area contributed by atoms with Crippen LogP contribution in [-0.4, -0.2) is 19.0 Å². The monoisotopic (exact) mass is 332 g/mol. The Bertz CT molecular complexity index is 419. The molecule has 5 heteroatoms. The summed E-state index contributed by atoms with van der Waals surface area (Å²) in [5.41, 5.74) is 1.99. The Morgan fingerprint density at radius 1 is 1.56 bits per heavy atom. The van der Waals surface area contributed by atoms with E-state index in [0.29, 0.717) is 12.3 Å². The largest absolute Gasteiger partial charge is 0.326 e.